The molecular formula is C12H22N2O4. The highest BCUT2D eigenvalue weighted by atomic mass is 16.5. The Morgan fingerprint density at radius 1 is 1.44 bits per heavy atom. The van der Waals surface area contributed by atoms with Crippen molar-refractivity contribution in [2.24, 2.45) is 0 Å². The highest BCUT2D eigenvalue weighted by molar-refractivity contribution is 5.74. The van der Waals surface area contributed by atoms with Gasteiger partial charge in [-0.25, -0.2) is 4.79 Å². The molecule has 0 saturated carbocycles. The molecule has 0 spiro atoms. The number of nitrogens with one attached hydrogen (secondary N) is 2. The van der Waals surface area contributed by atoms with Crippen LogP contribution in [-0.2, 0) is 9.53 Å². The van der Waals surface area contributed by atoms with Crippen LogP contribution in [-0.4, -0.2) is 41.9 Å². The number of aliphatic carboxylic acids is 1. The summed E-state index contributed by atoms with van der Waals surface area (Å²) in [5, 5.41) is 14.1. The second-order valence-electron chi connectivity index (χ2n) is 4.91. The quantitative estimate of drug-likeness (QED) is 0.623. The third-order valence-electron chi connectivity index (χ3n) is 3.39. The van der Waals surface area contributed by atoms with Crippen LogP contribution in [0.2, 0.25) is 0 Å². The van der Waals surface area contributed by atoms with Crippen LogP contribution in [0.4, 0.5) is 4.79 Å². The van der Waals surface area contributed by atoms with Gasteiger partial charge in [-0.2, -0.15) is 0 Å². The van der Waals surface area contributed by atoms with Gasteiger partial charge < -0.3 is 20.5 Å². The van der Waals surface area contributed by atoms with Gasteiger partial charge in [0.1, 0.15) is 0 Å². The lowest BCUT2D eigenvalue weighted by Gasteiger charge is -2.28. The Kier molecular flexibility index (Phi) is 5.40. The van der Waals surface area contributed by atoms with Gasteiger partial charge in [-0.1, -0.05) is 0 Å². The van der Waals surface area contributed by atoms with E-state index in [1.807, 2.05) is 13.8 Å². The molecule has 0 aromatic rings. The zero-order valence-electron chi connectivity index (χ0n) is 11.0. The maximum atomic E-state index is 11.7. The topological polar surface area (TPSA) is 87.7 Å². The van der Waals surface area contributed by atoms with Crippen molar-refractivity contribution in [3.8, 4) is 0 Å². The predicted molar refractivity (Wildman–Crippen MR) is 66.5 cm³/mol. The molecule has 0 aliphatic carbocycles. The van der Waals surface area contributed by atoms with Crippen molar-refractivity contribution in [1.29, 1.82) is 0 Å². The number of hydrogen-bond donors (Lipinski definition) is 3. The van der Waals surface area contributed by atoms with Gasteiger partial charge >= 0.3 is 12.0 Å². The standard InChI is InChI=1S/C12H22N2O4/c1-9-12(2,6-8-18-9)14-11(17)13-7-4-3-5-10(15)16/h9H,3-8H2,1-2H3,(H,15,16)(H2,13,14,17). The molecule has 0 aromatic carbocycles. The predicted octanol–water partition coefficient (Wildman–Crippen LogP) is 1.11. The largest absolute Gasteiger partial charge is 0.481 e. The van der Waals surface area contributed by atoms with E-state index in [9.17, 15) is 9.59 Å². The molecule has 1 aliphatic rings. The fourth-order valence-electron chi connectivity index (χ4n) is 1.91. The Balaban J connectivity index is 2.16. The molecule has 2 atom stereocenters. The molecule has 1 aliphatic heterocycles. The van der Waals surface area contributed by atoms with Crippen LogP contribution in [0.25, 0.3) is 0 Å². The molecule has 1 saturated heterocycles. The van der Waals surface area contributed by atoms with Crippen LogP contribution in [0.3, 0.4) is 0 Å². The summed E-state index contributed by atoms with van der Waals surface area (Å²) in [4.78, 5) is 21.9. The average molecular weight is 258 g/mol. The van der Waals surface area contributed by atoms with Gasteiger partial charge in [0.25, 0.3) is 0 Å². The van der Waals surface area contributed by atoms with E-state index in [-0.39, 0.29) is 24.1 Å². The molecule has 2 unspecified atom stereocenters. The first-order chi connectivity index (χ1) is 8.44. The normalized spacial score (nSPS) is 26.9. The van der Waals surface area contributed by atoms with Gasteiger partial charge in [-0.05, 0) is 33.1 Å². The molecule has 3 N–H and O–H groups in total. The van der Waals surface area contributed by atoms with Gasteiger partial charge in [0, 0.05) is 19.6 Å². The highest BCUT2D eigenvalue weighted by Gasteiger charge is 2.38. The molecule has 2 amide bonds. The fourth-order valence-corrected chi connectivity index (χ4v) is 1.91. The summed E-state index contributed by atoms with van der Waals surface area (Å²) in [6, 6.07) is -0.217. The second kappa shape index (κ2) is 6.58. The zero-order valence-corrected chi connectivity index (χ0v) is 11.0. The minimum atomic E-state index is -0.802. The number of carbonyl (C=O) groups excluding carboxylic acids is 1. The Hall–Kier alpha value is -1.30. The minimum absolute atomic E-state index is 0.00950. The van der Waals surface area contributed by atoms with Gasteiger partial charge in [-0.3, -0.25) is 4.79 Å². The number of carboxylic acids is 1. The van der Waals surface area contributed by atoms with Gasteiger partial charge in [-0.15, -0.1) is 0 Å². The van der Waals surface area contributed by atoms with E-state index < -0.39 is 5.97 Å². The number of amides is 2. The summed E-state index contributed by atoms with van der Waals surface area (Å²) >= 11 is 0. The summed E-state index contributed by atoms with van der Waals surface area (Å²) in [5.41, 5.74) is -0.314. The first kappa shape index (κ1) is 14.8. The molecule has 18 heavy (non-hydrogen) atoms. The maximum Gasteiger partial charge on any atom is 0.315 e. The van der Waals surface area contributed by atoms with Crippen LogP contribution >= 0.6 is 0 Å². The Morgan fingerprint density at radius 2 is 2.17 bits per heavy atom. The van der Waals surface area contributed by atoms with Crippen LogP contribution in [0, 0.1) is 0 Å². The van der Waals surface area contributed by atoms with E-state index in [0.717, 1.165) is 6.42 Å². The van der Waals surface area contributed by atoms with Crippen LogP contribution < -0.4 is 10.6 Å². The fraction of sp³-hybridized carbons (Fsp3) is 0.833. The first-order valence-corrected chi connectivity index (χ1v) is 6.33. The van der Waals surface area contributed by atoms with E-state index in [0.29, 0.717) is 26.0 Å². The molecule has 104 valence electrons. The van der Waals surface area contributed by atoms with Crippen molar-refractivity contribution >= 4 is 12.0 Å². The molecule has 1 fully saturated rings. The molecular weight excluding hydrogens is 236 g/mol. The van der Waals surface area contributed by atoms with E-state index in [1.165, 1.54) is 0 Å². The SMILES string of the molecule is CC1OCCC1(C)NC(=O)NCCCCC(=O)O. The van der Waals surface area contributed by atoms with Crippen molar-refractivity contribution in [3.63, 3.8) is 0 Å². The Labute approximate surface area is 107 Å². The summed E-state index contributed by atoms with van der Waals surface area (Å²) in [7, 11) is 0. The van der Waals surface area contributed by atoms with Crippen molar-refractivity contribution in [3.05, 3.63) is 0 Å². The zero-order chi connectivity index (χ0) is 13.6. The van der Waals surface area contributed by atoms with Gasteiger partial charge in [0.15, 0.2) is 0 Å². The lowest BCUT2D eigenvalue weighted by molar-refractivity contribution is -0.137. The molecule has 6 heteroatoms. The molecule has 1 heterocycles. The van der Waals surface area contributed by atoms with Crippen LogP contribution in [0.1, 0.15) is 39.5 Å². The van der Waals surface area contributed by atoms with Crippen molar-refractivity contribution in [2.75, 3.05) is 13.2 Å². The number of urea groups is 1. The van der Waals surface area contributed by atoms with E-state index in [1.54, 1.807) is 0 Å². The number of ether oxygens (including phenoxy) is 1. The number of carbonyl (C=O) groups is 2. The maximum absolute atomic E-state index is 11.7. The summed E-state index contributed by atoms with van der Waals surface area (Å²) in [5.74, 6) is -0.802. The molecule has 0 aromatic heterocycles. The van der Waals surface area contributed by atoms with Gasteiger partial charge in [0.05, 0.1) is 11.6 Å². The molecule has 0 bridgehead atoms. The lowest BCUT2D eigenvalue weighted by atomic mass is 9.95. The molecule has 6 nitrogen and oxygen atoms in total. The van der Waals surface area contributed by atoms with Crippen molar-refractivity contribution < 1.29 is 19.4 Å². The Morgan fingerprint density at radius 3 is 2.72 bits per heavy atom. The van der Waals surface area contributed by atoms with E-state index in [4.69, 9.17) is 9.84 Å². The summed E-state index contributed by atoms with van der Waals surface area (Å²) < 4.78 is 5.43. The van der Waals surface area contributed by atoms with Crippen molar-refractivity contribution in [1.82, 2.24) is 10.6 Å². The molecule has 1 rings (SSSR count). The van der Waals surface area contributed by atoms with E-state index >= 15 is 0 Å². The first-order valence-electron chi connectivity index (χ1n) is 6.33. The second-order valence-corrected chi connectivity index (χ2v) is 4.91. The average Bonchev–Trinajstić information content (AvgIpc) is 2.58. The number of hydrogen-bond acceptors (Lipinski definition) is 3. The lowest BCUT2D eigenvalue weighted by Crippen LogP contribution is -2.54. The third-order valence-corrected chi connectivity index (χ3v) is 3.39. The van der Waals surface area contributed by atoms with Crippen LogP contribution in [0.5, 0.6) is 0 Å². The number of rotatable bonds is 6. The smallest absolute Gasteiger partial charge is 0.315 e. The Bertz CT molecular complexity index is 308. The summed E-state index contributed by atoms with van der Waals surface area (Å²) in [6.07, 6.45) is 2.21. The number of unbranched alkanes of at least 4 members (excludes halogenated alkanes) is 1. The van der Waals surface area contributed by atoms with Crippen molar-refractivity contribution in [2.45, 2.75) is 51.2 Å². The third kappa shape index (κ3) is 4.52. The van der Waals surface area contributed by atoms with Gasteiger partial charge in [0.2, 0.25) is 0 Å². The van der Waals surface area contributed by atoms with Crippen LogP contribution in [0.15, 0.2) is 0 Å². The highest BCUT2D eigenvalue weighted by Crippen LogP contribution is 2.24. The molecule has 0 radical (unpaired) electrons. The monoisotopic (exact) mass is 258 g/mol. The summed E-state index contributed by atoms with van der Waals surface area (Å²) in [6.45, 7) is 5.07. The minimum Gasteiger partial charge on any atom is -0.481 e. The number of carboxylic acid groups (broad SMARTS) is 1. The van der Waals surface area contributed by atoms with E-state index in [2.05, 4.69) is 10.6 Å².